The van der Waals surface area contributed by atoms with Crippen molar-refractivity contribution in [2.75, 3.05) is 7.11 Å². The quantitative estimate of drug-likeness (QED) is 0.660. The Labute approximate surface area is 116 Å². The highest BCUT2D eigenvalue weighted by Gasteiger charge is 2.03. The maximum Gasteiger partial charge on any atom is 0.271 e. The first kappa shape index (κ1) is 13.6. The van der Waals surface area contributed by atoms with E-state index in [1.54, 1.807) is 36.4 Å². The van der Waals surface area contributed by atoms with Gasteiger partial charge in [-0.25, -0.2) is 5.43 Å². The molecule has 0 atom stereocenters. The number of hydrogen-bond donors (Lipinski definition) is 2. The maximum absolute atomic E-state index is 11.7. The first-order valence-electron chi connectivity index (χ1n) is 5.96. The number of hydrazone groups is 1. The van der Waals surface area contributed by atoms with Gasteiger partial charge >= 0.3 is 0 Å². The summed E-state index contributed by atoms with van der Waals surface area (Å²) in [5.74, 6) is 0.119. The number of phenolic OH excluding ortho intramolecular Hbond substituents is 1. The minimum absolute atomic E-state index is 0.0537. The third-order valence-corrected chi connectivity index (χ3v) is 2.62. The number of hydrogen-bond acceptors (Lipinski definition) is 4. The van der Waals surface area contributed by atoms with Crippen molar-refractivity contribution in [2.24, 2.45) is 5.10 Å². The molecule has 0 aliphatic carbocycles. The monoisotopic (exact) mass is 270 g/mol. The van der Waals surface area contributed by atoms with Crippen LogP contribution in [0, 0.1) is 0 Å². The number of nitrogens with one attached hydrogen (secondary N) is 1. The number of carbonyl (C=O) groups is 1. The topological polar surface area (TPSA) is 70.9 Å². The van der Waals surface area contributed by atoms with Gasteiger partial charge in [-0.05, 0) is 35.9 Å². The van der Waals surface area contributed by atoms with Crippen molar-refractivity contribution >= 4 is 12.1 Å². The Morgan fingerprint density at radius 2 is 2.00 bits per heavy atom. The predicted molar refractivity (Wildman–Crippen MR) is 76.2 cm³/mol. The van der Waals surface area contributed by atoms with Crippen LogP contribution in [-0.2, 0) is 0 Å². The lowest BCUT2D eigenvalue weighted by atomic mass is 10.2. The van der Waals surface area contributed by atoms with Crippen LogP contribution in [0.5, 0.6) is 11.5 Å². The van der Waals surface area contributed by atoms with Gasteiger partial charge in [0, 0.05) is 5.56 Å². The van der Waals surface area contributed by atoms with Gasteiger partial charge in [-0.1, -0.05) is 18.2 Å². The Morgan fingerprint density at radius 3 is 2.70 bits per heavy atom. The fourth-order valence-corrected chi connectivity index (χ4v) is 1.59. The van der Waals surface area contributed by atoms with Gasteiger partial charge in [0.2, 0.25) is 0 Å². The number of aromatic hydroxyl groups is 1. The minimum Gasteiger partial charge on any atom is -0.504 e. The first-order chi connectivity index (χ1) is 9.70. The molecule has 1 amide bonds. The molecule has 0 aliphatic heterocycles. The van der Waals surface area contributed by atoms with Crippen LogP contribution in [0.1, 0.15) is 15.9 Å². The van der Waals surface area contributed by atoms with E-state index in [2.05, 4.69) is 10.5 Å². The minimum atomic E-state index is -0.285. The maximum atomic E-state index is 11.7. The molecule has 0 heterocycles. The van der Waals surface area contributed by atoms with Crippen molar-refractivity contribution in [3.8, 4) is 11.5 Å². The highest BCUT2D eigenvalue weighted by Crippen LogP contribution is 2.25. The summed E-state index contributed by atoms with van der Waals surface area (Å²) in [6.07, 6.45) is 1.48. The van der Waals surface area contributed by atoms with Crippen molar-refractivity contribution in [1.82, 2.24) is 5.43 Å². The van der Waals surface area contributed by atoms with Crippen LogP contribution < -0.4 is 10.2 Å². The summed E-state index contributed by atoms with van der Waals surface area (Å²) in [4.78, 5) is 11.7. The smallest absolute Gasteiger partial charge is 0.271 e. The highest BCUT2D eigenvalue weighted by atomic mass is 16.5. The van der Waals surface area contributed by atoms with Crippen LogP contribution in [-0.4, -0.2) is 24.3 Å². The number of ether oxygens (including phenoxy) is 1. The molecule has 0 fully saturated rings. The van der Waals surface area contributed by atoms with E-state index in [0.29, 0.717) is 16.9 Å². The normalized spacial score (nSPS) is 10.4. The van der Waals surface area contributed by atoms with Gasteiger partial charge in [0.25, 0.3) is 5.91 Å². The van der Waals surface area contributed by atoms with Gasteiger partial charge in [-0.3, -0.25) is 4.79 Å². The van der Waals surface area contributed by atoms with Crippen molar-refractivity contribution in [3.05, 3.63) is 59.7 Å². The van der Waals surface area contributed by atoms with Crippen molar-refractivity contribution in [3.63, 3.8) is 0 Å². The number of rotatable bonds is 4. The van der Waals surface area contributed by atoms with Gasteiger partial charge in [0.05, 0.1) is 13.3 Å². The van der Waals surface area contributed by atoms with Crippen LogP contribution in [0.2, 0.25) is 0 Å². The highest BCUT2D eigenvalue weighted by molar-refractivity contribution is 5.94. The largest absolute Gasteiger partial charge is 0.504 e. The van der Waals surface area contributed by atoms with Crippen LogP contribution >= 0.6 is 0 Å². The average Bonchev–Trinajstić information content (AvgIpc) is 2.49. The predicted octanol–water partition coefficient (Wildman–Crippen LogP) is 2.16. The second-order valence-electron chi connectivity index (χ2n) is 4.00. The molecule has 2 aromatic carbocycles. The molecule has 5 heteroatoms. The third kappa shape index (κ3) is 3.35. The Bertz CT molecular complexity index is 624. The molecule has 2 rings (SSSR count). The molecule has 5 nitrogen and oxygen atoms in total. The number of amides is 1. The Morgan fingerprint density at radius 1 is 1.25 bits per heavy atom. The van der Waals surface area contributed by atoms with Gasteiger partial charge in [0.15, 0.2) is 11.5 Å². The summed E-state index contributed by atoms with van der Waals surface area (Å²) >= 11 is 0. The number of nitrogens with zero attached hydrogens (tertiary/aromatic N) is 1. The molecule has 102 valence electrons. The van der Waals surface area contributed by atoms with E-state index < -0.39 is 0 Å². The Balaban J connectivity index is 2.02. The zero-order valence-corrected chi connectivity index (χ0v) is 10.9. The molecule has 0 unspecified atom stereocenters. The summed E-state index contributed by atoms with van der Waals surface area (Å²) in [7, 11) is 1.47. The van der Waals surface area contributed by atoms with Gasteiger partial charge in [0.1, 0.15) is 0 Å². The van der Waals surface area contributed by atoms with E-state index in [-0.39, 0.29) is 11.7 Å². The number of phenols is 1. The summed E-state index contributed by atoms with van der Waals surface area (Å²) in [6, 6.07) is 13.6. The molecule has 2 aromatic rings. The standard InChI is InChI=1S/C15H14N2O3/c1-20-14-9-11(7-8-13(14)18)10-16-17-15(19)12-5-3-2-4-6-12/h2-10,18H,1H3,(H,17,19)/b16-10-. The van der Waals surface area contributed by atoms with Crippen LogP contribution in [0.25, 0.3) is 0 Å². The SMILES string of the molecule is COc1cc(/C=N\NC(=O)c2ccccc2)ccc1O. The van der Waals surface area contributed by atoms with E-state index in [9.17, 15) is 9.90 Å². The van der Waals surface area contributed by atoms with E-state index in [1.165, 1.54) is 19.4 Å². The van der Waals surface area contributed by atoms with Crippen LogP contribution in [0.3, 0.4) is 0 Å². The van der Waals surface area contributed by atoms with Crippen LogP contribution in [0.4, 0.5) is 0 Å². The lowest BCUT2D eigenvalue weighted by Gasteiger charge is -2.03. The first-order valence-corrected chi connectivity index (χ1v) is 5.96. The van der Waals surface area contributed by atoms with E-state index in [1.807, 2.05) is 6.07 Å². The molecule has 20 heavy (non-hydrogen) atoms. The molecule has 0 aromatic heterocycles. The van der Waals surface area contributed by atoms with Crippen molar-refractivity contribution < 1.29 is 14.6 Å². The average molecular weight is 270 g/mol. The number of benzene rings is 2. The third-order valence-electron chi connectivity index (χ3n) is 2.62. The summed E-state index contributed by atoms with van der Waals surface area (Å²) in [5, 5.41) is 13.3. The van der Waals surface area contributed by atoms with Gasteiger partial charge in [-0.15, -0.1) is 0 Å². The van der Waals surface area contributed by atoms with Crippen molar-refractivity contribution in [1.29, 1.82) is 0 Å². The van der Waals surface area contributed by atoms with Gasteiger partial charge < -0.3 is 9.84 Å². The summed E-state index contributed by atoms with van der Waals surface area (Å²) < 4.78 is 4.98. The van der Waals surface area contributed by atoms with Crippen molar-refractivity contribution in [2.45, 2.75) is 0 Å². The summed E-state index contributed by atoms with van der Waals surface area (Å²) in [5.41, 5.74) is 3.66. The molecule has 0 spiro atoms. The van der Waals surface area contributed by atoms with Crippen LogP contribution in [0.15, 0.2) is 53.6 Å². The number of carbonyl (C=O) groups excluding carboxylic acids is 1. The fraction of sp³-hybridized carbons (Fsp3) is 0.0667. The summed E-state index contributed by atoms with van der Waals surface area (Å²) in [6.45, 7) is 0. The van der Waals surface area contributed by atoms with E-state index in [4.69, 9.17) is 4.74 Å². The zero-order valence-electron chi connectivity index (χ0n) is 10.9. The zero-order chi connectivity index (χ0) is 14.4. The fourth-order valence-electron chi connectivity index (χ4n) is 1.59. The Hall–Kier alpha value is -2.82. The second kappa shape index (κ2) is 6.38. The molecular formula is C15H14N2O3. The van der Waals surface area contributed by atoms with Gasteiger partial charge in [-0.2, -0.15) is 5.10 Å². The lowest BCUT2D eigenvalue weighted by molar-refractivity contribution is 0.0955. The molecule has 0 bridgehead atoms. The molecule has 0 saturated carbocycles. The van der Waals surface area contributed by atoms with E-state index >= 15 is 0 Å². The number of methoxy groups -OCH3 is 1. The molecule has 0 radical (unpaired) electrons. The molecule has 0 saturated heterocycles. The van der Waals surface area contributed by atoms with E-state index in [0.717, 1.165) is 0 Å². The Kier molecular flexibility index (Phi) is 4.34. The molecule has 2 N–H and O–H groups in total. The molecule has 0 aliphatic rings. The molecular weight excluding hydrogens is 256 g/mol. The lowest BCUT2D eigenvalue weighted by Crippen LogP contribution is -2.17. The second-order valence-corrected chi connectivity index (χ2v) is 4.00.